The van der Waals surface area contributed by atoms with Crippen LogP contribution in [0.25, 0.3) is 0 Å². The lowest BCUT2D eigenvalue weighted by molar-refractivity contribution is 0.467. The summed E-state index contributed by atoms with van der Waals surface area (Å²) in [7, 11) is 0. The average molecular weight is 833 g/mol. The lowest BCUT2D eigenvalue weighted by atomic mass is 9.95. The van der Waals surface area contributed by atoms with Gasteiger partial charge in [-0.1, -0.05) is 105 Å². The normalized spacial score (nSPS) is 17.0. The molecule has 6 aromatic rings. The standard InChI is InChI=1S/C43H32Br2N2O2S2/c44-30-15-11-28(12-16-30)36-24-42(50-40-7-3-1-5-34(40)46-36)32-22-26(9-19-38(32)48)21-27-10-20-39(49)33(23-27)43-25-37(29-13-17-31(45)18-14-29)47-35-6-2-4-8-41(35)51-43/h1-20,22-23,42-43,48-49H,21,24-25H2. The molecule has 0 bridgehead atoms. The molecule has 2 heterocycles. The molecule has 2 aliphatic heterocycles. The minimum absolute atomic E-state index is 0.0369. The maximum Gasteiger partial charge on any atom is 0.119 e. The highest BCUT2D eigenvalue weighted by molar-refractivity contribution is 9.10. The highest BCUT2D eigenvalue weighted by atomic mass is 79.9. The molecule has 0 amide bonds. The number of phenols is 2. The predicted molar refractivity (Wildman–Crippen MR) is 219 cm³/mol. The second kappa shape index (κ2) is 14.9. The van der Waals surface area contributed by atoms with Crippen molar-refractivity contribution >= 4 is 78.2 Å². The summed E-state index contributed by atoms with van der Waals surface area (Å²) in [4.78, 5) is 12.4. The summed E-state index contributed by atoms with van der Waals surface area (Å²) in [6.07, 6.45) is 2.00. The molecule has 4 nitrogen and oxygen atoms in total. The molecule has 2 atom stereocenters. The van der Waals surface area contributed by atoms with E-state index in [1.807, 2.05) is 72.8 Å². The molecular formula is C43H32Br2N2O2S2. The van der Waals surface area contributed by atoms with Crippen LogP contribution >= 0.6 is 55.4 Å². The Balaban J connectivity index is 1.10. The van der Waals surface area contributed by atoms with E-state index in [0.717, 1.165) is 74.9 Å². The van der Waals surface area contributed by atoms with E-state index >= 15 is 0 Å². The van der Waals surface area contributed by atoms with Gasteiger partial charge < -0.3 is 10.2 Å². The first-order chi connectivity index (χ1) is 24.9. The van der Waals surface area contributed by atoms with Gasteiger partial charge in [-0.25, -0.2) is 0 Å². The Hall–Kier alpha value is -4.08. The van der Waals surface area contributed by atoms with E-state index in [9.17, 15) is 10.2 Å². The molecule has 0 fully saturated rings. The smallest absolute Gasteiger partial charge is 0.119 e. The van der Waals surface area contributed by atoms with Gasteiger partial charge in [0.15, 0.2) is 0 Å². The SMILES string of the molecule is Oc1ccc(Cc2ccc(O)c(C3CC(c4ccc(Br)cc4)=Nc4ccccc4S3)c2)cc1C1CC(c2ccc(Br)cc2)=Nc2ccccc2S1. The second-order valence-corrected chi connectivity index (χ2v) is 17.0. The number of aliphatic imine (C=N–C) groups is 2. The molecule has 6 aromatic carbocycles. The van der Waals surface area contributed by atoms with Crippen molar-refractivity contribution in [1.29, 1.82) is 0 Å². The molecule has 2 aliphatic rings. The van der Waals surface area contributed by atoms with E-state index < -0.39 is 0 Å². The Morgan fingerprint density at radius 3 is 1.37 bits per heavy atom. The van der Waals surface area contributed by atoms with Gasteiger partial charge in [0.2, 0.25) is 0 Å². The first-order valence-corrected chi connectivity index (χ1v) is 20.0. The highest BCUT2D eigenvalue weighted by Gasteiger charge is 2.27. The van der Waals surface area contributed by atoms with E-state index in [0.29, 0.717) is 19.3 Å². The summed E-state index contributed by atoms with van der Waals surface area (Å²) in [5.41, 5.74) is 9.99. The summed E-state index contributed by atoms with van der Waals surface area (Å²) in [5.74, 6) is 0.566. The van der Waals surface area contributed by atoms with Gasteiger partial charge in [0, 0.05) is 64.6 Å². The minimum atomic E-state index is -0.0369. The number of halogens is 2. The number of rotatable bonds is 6. The Morgan fingerprint density at radius 2 is 0.941 bits per heavy atom. The van der Waals surface area contributed by atoms with Gasteiger partial charge in [-0.2, -0.15) is 0 Å². The Bertz CT molecular complexity index is 2140. The third kappa shape index (κ3) is 7.61. The molecule has 0 aromatic heterocycles. The zero-order chi connectivity index (χ0) is 34.9. The van der Waals surface area contributed by atoms with Crippen molar-refractivity contribution in [2.24, 2.45) is 9.98 Å². The number of hydrogen-bond acceptors (Lipinski definition) is 6. The van der Waals surface area contributed by atoms with Crippen LogP contribution in [0.15, 0.2) is 162 Å². The quantitative estimate of drug-likeness (QED) is 0.175. The number of fused-ring (bicyclic) bond motifs is 2. The van der Waals surface area contributed by atoms with E-state index in [1.165, 1.54) is 0 Å². The van der Waals surface area contributed by atoms with Crippen molar-refractivity contribution in [3.8, 4) is 11.5 Å². The number of thioether (sulfide) groups is 2. The van der Waals surface area contributed by atoms with Crippen LogP contribution in [0.2, 0.25) is 0 Å². The fourth-order valence-corrected chi connectivity index (χ4v) is 9.64. The summed E-state index contributed by atoms with van der Waals surface area (Å²) < 4.78 is 2.05. The zero-order valence-corrected chi connectivity index (χ0v) is 32.1. The second-order valence-electron chi connectivity index (χ2n) is 12.7. The first kappa shape index (κ1) is 34.0. The number of aromatic hydroxyl groups is 2. The molecular weight excluding hydrogens is 800 g/mol. The fourth-order valence-electron chi connectivity index (χ4n) is 6.60. The van der Waals surface area contributed by atoms with Gasteiger partial charge in [0.25, 0.3) is 0 Å². The maximum absolute atomic E-state index is 11.3. The summed E-state index contributed by atoms with van der Waals surface area (Å²) in [5, 5.41) is 22.5. The summed E-state index contributed by atoms with van der Waals surface area (Å²) in [6.45, 7) is 0. The van der Waals surface area contributed by atoms with Crippen molar-refractivity contribution in [3.63, 3.8) is 0 Å². The van der Waals surface area contributed by atoms with Crippen molar-refractivity contribution < 1.29 is 10.2 Å². The van der Waals surface area contributed by atoms with Crippen LogP contribution in [0.4, 0.5) is 11.4 Å². The van der Waals surface area contributed by atoms with Crippen LogP contribution in [0.5, 0.6) is 11.5 Å². The number of para-hydroxylation sites is 2. The van der Waals surface area contributed by atoms with Gasteiger partial charge in [-0.15, -0.1) is 23.5 Å². The van der Waals surface area contributed by atoms with E-state index in [1.54, 1.807) is 23.5 Å². The third-order valence-electron chi connectivity index (χ3n) is 9.18. The van der Waals surface area contributed by atoms with Gasteiger partial charge >= 0.3 is 0 Å². The van der Waals surface area contributed by atoms with E-state index in [4.69, 9.17) is 9.98 Å². The molecule has 51 heavy (non-hydrogen) atoms. The Morgan fingerprint density at radius 1 is 0.529 bits per heavy atom. The van der Waals surface area contributed by atoms with Crippen LogP contribution in [-0.4, -0.2) is 21.6 Å². The van der Waals surface area contributed by atoms with Gasteiger partial charge in [-0.3, -0.25) is 9.98 Å². The number of nitrogens with zero attached hydrogens (tertiary/aromatic N) is 2. The molecule has 0 saturated heterocycles. The zero-order valence-electron chi connectivity index (χ0n) is 27.3. The number of hydrogen-bond donors (Lipinski definition) is 2. The Kier molecular flexibility index (Phi) is 9.93. The minimum Gasteiger partial charge on any atom is -0.508 e. The van der Waals surface area contributed by atoms with Crippen LogP contribution in [0, 0.1) is 0 Å². The van der Waals surface area contributed by atoms with Crippen molar-refractivity contribution in [2.75, 3.05) is 0 Å². The fraction of sp³-hybridized carbons (Fsp3) is 0.116. The molecule has 8 rings (SSSR count). The highest BCUT2D eigenvalue weighted by Crippen LogP contribution is 2.49. The molecule has 8 heteroatoms. The molecule has 252 valence electrons. The Labute approximate surface area is 323 Å². The van der Waals surface area contributed by atoms with Gasteiger partial charge in [0.1, 0.15) is 11.5 Å². The van der Waals surface area contributed by atoms with E-state index in [2.05, 4.69) is 92.5 Å². The largest absolute Gasteiger partial charge is 0.508 e. The molecule has 0 spiro atoms. The third-order valence-corrected chi connectivity index (χ3v) is 12.8. The summed E-state index contributed by atoms with van der Waals surface area (Å²) >= 11 is 10.6. The lowest BCUT2D eigenvalue weighted by Crippen LogP contribution is -2.07. The van der Waals surface area contributed by atoms with Crippen molar-refractivity contribution in [2.45, 2.75) is 39.6 Å². The van der Waals surface area contributed by atoms with Crippen LogP contribution in [0.1, 0.15) is 56.7 Å². The summed E-state index contributed by atoms with van der Waals surface area (Å²) in [6, 6.07) is 44.9. The van der Waals surface area contributed by atoms with Crippen LogP contribution in [0.3, 0.4) is 0 Å². The first-order valence-electron chi connectivity index (χ1n) is 16.7. The van der Waals surface area contributed by atoms with Crippen molar-refractivity contribution in [1.82, 2.24) is 0 Å². The molecule has 0 aliphatic carbocycles. The average Bonchev–Trinajstić information content (AvgIpc) is 3.46. The maximum atomic E-state index is 11.3. The molecule has 0 radical (unpaired) electrons. The molecule has 2 N–H and O–H groups in total. The lowest BCUT2D eigenvalue weighted by Gasteiger charge is -2.20. The van der Waals surface area contributed by atoms with Gasteiger partial charge in [0.05, 0.1) is 11.4 Å². The van der Waals surface area contributed by atoms with Gasteiger partial charge in [-0.05, 0) is 89.3 Å². The molecule has 0 saturated carbocycles. The van der Waals surface area contributed by atoms with Crippen LogP contribution < -0.4 is 0 Å². The monoisotopic (exact) mass is 830 g/mol. The topological polar surface area (TPSA) is 65.2 Å². The van der Waals surface area contributed by atoms with E-state index in [-0.39, 0.29) is 22.0 Å². The van der Waals surface area contributed by atoms with Crippen molar-refractivity contribution in [3.05, 3.63) is 176 Å². The molecule has 2 unspecified atom stereocenters. The van der Waals surface area contributed by atoms with Crippen LogP contribution in [-0.2, 0) is 6.42 Å². The number of phenolic OH excluding ortho intramolecular Hbond substituents is 2. The number of benzene rings is 6. The predicted octanol–water partition coefficient (Wildman–Crippen LogP) is 12.9.